The van der Waals surface area contributed by atoms with Gasteiger partial charge in [0.25, 0.3) is 0 Å². The summed E-state index contributed by atoms with van der Waals surface area (Å²) in [6, 6.07) is 6.10. The lowest BCUT2D eigenvalue weighted by Crippen LogP contribution is -2.64. The number of carbonyl (C=O) groups is 1. The zero-order valence-corrected chi connectivity index (χ0v) is 20.0. The Labute approximate surface area is 195 Å². The number of esters is 1. The van der Waals surface area contributed by atoms with Crippen molar-refractivity contribution >= 4 is 11.7 Å². The molecule has 0 bridgehead atoms. The maximum atomic E-state index is 12.6. The molecule has 3 aliphatic rings. The van der Waals surface area contributed by atoms with Crippen LogP contribution in [0.25, 0.3) is 0 Å². The summed E-state index contributed by atoms with van der Waals surface area (Å²) < 4.78 is 22.6. The first-order chi connectivity index (χ1) is 16.0. The molecule has 3 heterocycles. The first-order valence-electron chi connectivity index (χ1n) is 11.8. The number of benzene rings is 1. The second kappa shape index (κ2) is 9.91. The number of hydrogen-bond donors (Lipinski definition) is 2. The molecule has 0 amide bonds. The maximum absolute atomic E-state index is 12.6. The van der Waals surface area contributed by atoms with Crippen LogP contribution in [-0.2, 0) is 24.6 Å². The van der Waals surface area contributed by atoms with Gasteiger partial charge in [-0.3, -0.25) is 4.90 Å². The Hall–Kier alpha value is -2.29. The van der Waals surface area contributed by atoms with Gasteiger partial charge in [-0.2, -0.15) is 0 Å². The SMILES string of the molecule is CC[C@@H]1CN2CC[C@]3(OCCO)c4c(cccc4OC)NC3[C@@H]2C[C@@H]1/C(=C\OC)C(=O)OC. The quantitative estimate of drug-likeness (QED) is 0.348. The summed E-state index contributed by atoms with van der Waals surface area (Å²) in [6.45, 7) is 4.15. The number of hydrogen-bond acceptors (Lipinski definition) is 8. The van der Waals surface area contributed by atoms with Gasteiger partial charge in [0.15, 0.2) is 0 Å². The molecule has 8 nitrogen and oxygen atoms in total. The van der Waals surface area contributed by atoms with Crippen LogP contribution in [0.3, 0.4) is 0 Å². The van der Waals surface area contributed by atoms with Crippen molar-refractivity contribution in [3.05, 3.63) is 35.6 Å². The smallest absolute Gasteiger partial charge is 0.337 e. The molecule has 5 atom stereocenters. The number of carbonyl (C=O) groups excluding carboxylic acids is 1. The molecule has 1 aromatic rings. The fourth-order valence-electron chi connectivity index (χ4n) is 6.25. The minimum Gasteiger partial charge on any atom is -0.504 e. The molecule has 33 heavy (non-hydrogen) atoms. The monoisotopic (exact) mass is 460 g/mol. The van der Waals surface area contributed by atoms with E-state index in [2.05, 4.69) is 23.2 Å². The van der Waals surface area contributed by atoms with Gasteiger partial charge in [0, 0.05) is 24.8 Å². The highest BCUT2D eigenvalue weighted by Crippen LogP contribution is 2.54. The van der Waals surface area contributed by atoms with Crippen LogP contribution in [0.5, 0.6) is 5.75 Å². The van der Waals surface area contributed by atoms with Crippen LogP contribution in [0.1, 0.15) is 31.7 Å². The Morgan fingerprint density at radius 1 is 1.33 bits per heavy atom. The zero-order valence-electron chi connectivity index (χ0n) is 20.0. The largest absolute Gasteiger partial charge is 0.504 e. The van der Waals surface area contributed by atoms with Gasteiger partial charge in [0.05, 0.1) is 58.0 Å². The van der Waals surface area contributed by atoms with Gasteiger partial charge in [0.1, 0.15) is 11.4 Å². The van der Waals surface area contributed by atoms with Crippen molar-refractivity contribution in [1.29, 1.82) is 0 Å². The van der Waals surface area contributed by atoms with Crippen molar-refractivity contribution < 1.29 is 28.8 Å². The van der Waals surface area contributed by atoms with Crippen molar-refractivity contribution in [2.75, 3.05) is 52.9 Å². The molecule has 1 unspecified atom stereocenters. The molecule has 0 radical (unpaired) electrons. The lowest BCUT2D eigenvalue weighted by Gasteiger charge is -2.54. The minimum absolute atomic E-state index is 0.0182. The highest BCUT2D eigenvalue weighted by molar-refractivity contribution is 5.88. The summed E-state index contributed by atoms with van der Waals surface area (Å²) in [4.78, 5) is 15.2. The van der Waals surface area contributed by atoms with E-state index in [1.54, 1.807) is 20.5 Å². The van der Waals surface area contributed by atoms with Crippen LogP contribution in [0.15, 0.2) is 30.0 Å². The van der Waals surface area contributed by atoms with E-state index in [0.29, 0.717) is 11.5 Å². The summed E-state index contributed by atoms with van der Waals surface area (Å²) in [5.74, 6) is 0.800. The molecule has 182 valence electrons. The van der Waals surface area contributed by atoms with Gasteiger partial charge >= 0.3 is 5.97 Å². The van der Waals surface area contributed by atoms with Gasteiger partial charge in [-0.25, -0.2) is 4.79 Å². The van der Waals surface area contributed by atoms with Gasteiger partial charge in [-0.1, -0.05) is 19.4 Å². The van der Waals surface area contributed by atoms with Gasteiger partial charge in [0.2, 0.25) is 0 Å². The summed E-state index contributed by atoms with van der Waals surface area (Å²) >= 11 is 0. The Kier molecular flexibility index (Phi) is 7.16. The van der Waals surface area contributed by atoms with Crippen LogP contribution in [0, 0.1) is 11.8 Å². The van der Waals surface area contributed by atoms with Crippen molar-refractivity contribution in [1.82, 2.24) is 4.90 Å². The van der Waals surface area contributed by atoms with Crippen LogP contribution in [0.2, 0.25) is 0 Å². The molecule has 0 saturated carbocycles. The molecule has 2 N–H and O–H groups in total. The van der Waals surface area contributed by atoms with Gasteiger partial charge in [-0.15, -0.1) is 0 Å². The number of aliphatic hydroxyl groups is 1. The van der Waals surface area contributed by atoms with Crippen LogP contribution in [0.4, 0.5) is 5.69 Å². The number of nitrogens with one attached hydrogen (secondary N) is 1. The molecule has 3 aliphatic heterocycles. The predicted molar refractivity (Wildman–Crippen MR) is 124 cm³/mol. The second-order valence-electron chi connectivity index (χ2n) is 9.09. The molecule has 1 aromatic carbocycles. The van der Waals surface area contributed by atoms with E-state index in [9.17, 15) is 9.90 Å². The molecule has 0 aliphatic carbocycles. The molecule has 2 saturated heterocycles. The highest BCUT2D eigenvalue weighted by Gasteiger charge is 2.58. The van der Waals surface area contributed by atoms with E-state index in [1.165, 1.54) is 7.11 Å². The van der Waals surface area contributed by atoms with E-state index >= 15 is 0 Å². The summed E-state index contributed by atoms with van der Waals surface area (Å²) in [5, 5.41) is 13.3. The molecule has 0 aromatic heterocycles. The van der Waals surface area contributed by atoms with E-state index < -0.39 is 5.60 Å². The number of anilines is 1. The average molecular weight is 461 g/mol. The van der Waals surface area contributed by atoms with E-state index in [-0.39, 0.29) is 37.2 Å². The number of ether oxygens (including phenoxy) is 4. The normalized spacial score (nSPS) is 31.1. The van der Waals surface area contributed by atoms with E-state index in [0.717, 1.165) is 49.4 Å². The fourth-order valence-corrected chi connectivity index (χ4v) is 6.25. The molecule has 2 fully saturated rings. The fraction of sp³-hybridized carbons (Fsp3) is 0.640. The Balaban J connectivity index is 1.73. The highest BCUT2D eigenvalue weighted by atomic mass is 16.5. The average Bonchev–Trinajstić information content (AvgIpc) is 3.20. The zero-order chi connectivity index (χ0) is 23.6. The van der Waals surface area contributed by atoms with Crippen molar-refractivity contribution in [2.24, 2.45) is 11.8 Å². The maximum Gasteiger partial charge on any atom is 0.337 e. The number of fused-ring (bicyclic) bond motifs is 5. The van der Waals surface area contributed by atoms with Crippen molar-refractivity contribution in [3.63, 3.8) is 0 Å². The van der Waals surface area contributed by atoms with Crippen LogP contribution in [-0.4, -0.2) is 75.7 Å². The third kappa shape index (κ3) is 3.98. The van der Waals surface area contributed by atoms with Gasteiger partial charge < -0.3 is 29.4 Å². The number of piperidine rings is 2. The topological polar surface area (TPSA) is 89.5 Å². The molecule has 0 spiro atoms. The van der Waals surface area contributed by atoms with Gasteiger partial charge in [-0.05, 0) is 36.8 Å². The number of nitrogens with zero attached hydrogens (tertiary/aromatic N) is 1. The second-order valence-corrected chi connectivity index (χ2v) is 9.09. The van der Waals surface area contributed by atoms with Crippen molar-refractivity contribution in [2.45, 2.75) is 43.9 Å². The lowest BCUT2D eigenvalue weighted by molar-refractivity contribution is -0.140. The summed E-state index contributed by atoms with van der Waals surface area (Å²) in [7, 11) is 4.66. The number of rotatable bonds is 8. The molecular weight excluding hydrogens is 424 g/mol. The number of methoxy groups -OCH3 is 3. The third-order valence-electron chi connectivity index (χ3n) is 7.68. The first-order valence-corrected chi connectivity index (χ1v) is 11.8. The molecular formula is C25H36N2O6. The predicted octanol–water partition coefficient (Wildman–Crippen LogP) is 2.52. The van der Waals surface area contributed by atoms with Crippen LogP contribution >= 0.6 is 0 Å². The summed E-state index contributed by atoms with van der Waals surface area (Å²) in [6.07, 6.45) is 4.09. The molecule has 4 rings (SSSR count). The third-order valence-corrected chi connectivity index (χ3v) is 7.68. The number of aliphatic hydroxyl groups excluding tert-OH is 1. The summed E-state index contributed by atoms with van der Waals surface area (Å²) in [5.41, 5.74) is 2.02. The Morgan fingerprint density at radius 3 is 2.82 bits per heavy atom. The standard InChI is InChI=1S/C25H36N2O6/c1-5-16-14-27-10-9-25(33-12-11-28)22-19(7-6-8-21(22)31-3)26-23(25)20(27)13-17(16)18(15-30-2)24(29)32-4/h6-8,15-17,20,23,26,28H,5,9-14H2,1-4H3/b18-15+/t16-,17+,20+,23?,25+/m1/s1. The first kappa shape index (κ1) is 23.9. The van der Waals surface area contributed by atoms with E-state index in [1.807, 2.05) is 12.1 Å². The Bertz CT molecular complexity index is 890. The lowest BCUT2D eigenvalue weighted by atomic mass is 9.69. The van der Waals surface area contributed by atoms with Crippen molar-refractivity contribution in [3.8, 4) is 5.75 Å². The Morgan fingerprint density at radius 2 is 2.15 bits per heavy atom. The minimum atomic E-state index is -0.605. The van der Waals surface area contributed by atoms with E-state index in [4.69, 9.17) is 18.9 Å². The molecule has 8 heteroatoms. The van der Waals surface area contributed by atoms with Crippen LogP contribution < -0.4 is 10.1 Å².